The van der Waals surface area contributed by atoms with Crippen molar-refractivity contribution < 1.29 is 4.74 Å². The molecule has 1 aliphatic rings. The van der Waals surface area contributed by atoms with Gasteiger partial charge in [-0.05, 0) is 30.6 Å². The second kappa shape index (κ2) is 5.97. The summed E-state index contributed by atoms with van der Waals surface area (Å²) < 4.78 is 6.07. The van der Waals surface area contributed by atoms with Crippen molar-refractivity contribution in [3.63, 3.8) is 0 Å². The van der Waals surface area contributed by atoms with E-state index >= 15 is 0 Å². The number of nitrogens with zero attached hydrogens (tertiary/aromatic N) is 2. The van der Waals surface area contributed by atoms with Crippen molar-refractivity contribution in [3.05, 3.63) is 5.01 Å². The van der Waals surface area contributed by atoms with Crippen LogP contribution in [-0.2, 0) is 6.54 Å². The molecule has 0 radical (unpaired) electrons. The van der Waals surface area contributed by atoms with E-state index in [1.807, 2.05) is 0 Å². The van der Waals surface area contributed by atoms with Gasteiger partial charge in [-0.2, -0.15) is 0 Å². The number of rotatable bonds is 4. The summed E-state index contributed by atoms with van der Waals surface area (Å²) in [5, 5.41) is 9.60. The molecule has 0 aromatic carbocycles. The largest absolute Gasteiger partial charge is 0.465 e. The number of nitrogens with two attached hydrogens (primary N) is 1. The molecule has 0 amide bonds. The van der Waals surface area contributed by atoms with Crippen LogP contribution < -0.4 is 10.5 Å². The normalized spacial score (nSPS) is 28.6. The van der Waals surface area contributed by atoms with Crippen molar-refractivity contribution in [2.45, 2.75) is 52.7 Å². The van der Waals surface area contributed by atoms with E-state index in [1.54, 1.807) is 0 Å². The van der Waals surface area contributed by atoms with E-state index in [4.69, 9.17) is 10.5 Å². The van der Waals surface area contributed by atoms with Gasteiger partial charge in [-0.15, -0.1) is 5.10 Å². The molecule has 2 rings (SSSR count). The lowest BCUT2D eigenvalue weighted by molar-refractivity contribution is 0.0453. The van der Waals surface area contributed by atoms with Crippen LogP contribution in [0.15, 0.2) is 0 Å². The molecule has 0 saturated heterocycles. The molecule has 0 aliphatic heterocycles. The Kier molecular flexibility index (Phi) is 4.56. The van der Waals surface area contributed by atoms with Crippen LogP contribution in [0.4, 0.5) is 0 Å². The van der Waals surface area contributed by atoms with Crippen LogP contribution >= 0.6 is 11.3 Å². The van der Waals surface area contributed by atoms with E-state index in [9.17, 15) is 0 Å². The van der Waals surface area contributed by atoms with Gasteiger partial charge in [-0.3, -0.25) is 0 Å². The number of hydrogen-bond acceptors (Lipinski definition) is 5. The average molecular weight is 269 g/mol. The molecule has 1 fully saturated rings. The van der Waals surface area contributed by atoms with E-state index in [-0.39, 0.29) is 6.10 Å². The molecular formula is C13H23N3OS. The Labute approximate surface area is 113 Å². The van der Waals surface area contributed by atoms with Gasteiger partial charge in [0.2, 0.25) is 0 Å². The highest BCUT2D eigenvalue weighted by atomic mass is 32.1. The lowest BCUT2D eigenvalue weighted by atomic mass is 9.75. The van der Waals surface area contributed by atoms with Crippen molar-refractivity contribution in [1.29, 1.82) is 0 Å². The molecule has 1 aliphatic carbocycles. The minimum atomic E-state index is 0.285. The zero-order valence-electron chi connectivity index (χ0n) is 11.4. The van der Waals surface area contributed by atoms with Gasteiger partial charge in [0.25, 0.3) is 5.19 Å². The maximum Gasteiger partial charge on any atom is 0.294 e. The van der Waals surface area contributed by atoms with Crippen molar-refractivity contribution in [2.24, 2.45) is 23.5 Å². The van der Waals surface area contributed by atoms with Crippen LogP contribution in [0.1, 0.15) is 45.0 Å². The Bertz CT molecular complexity index is 380. The zero-order chi connectivity index (χ0) is 13.1. The molecule has 0 spiro atoms. The summed E-state index contributed by atoms with van der Waals surface area (Å²) in [6, 6.07) is 0. The van der Waals surface area contributed by atoms with Gasteiger partial charge >= 0.3 is 0 Å². The topological polar surface area (TPSA) is 61.0 Å². The average Bonchev–Trinajstić information content (AvgIpc) is 2.76. The highest BCUT2D eigenvalue weighted by molar-refractivity contribution is 7.13. The number of hydrogen-bond donors (Lipinski definition) is 1. The fraction of sp³-hybridized carbons (Fsp3) is 0.846. The van der Waals surface area contributed by atoms with E-state index in [0.29, 0.717) is 23.6 Å². The first kappa shape index (κ1) is 13.7. The molecule has 1 saturated carbocycles. The van der Waals surface area contributed by atoms with Crippen molar-refractivity contribution in [1.82, 2.24) is 10.2 Å². The standard InChI is InChI=1S/C13H23N3OS/c1-8(2)10-5-4-9(3)6-11(10)17-13-16-15-12(7-14)18-13/h8-11H,4-7,14H2,1-3H3. The van der Waals surface area contributed by atoms with Crippen molar-refractivity contribution >= 4 is 11.3 Å². The third-order valence-corrected chi connectivity index (χ3v) is 4.67. The maximum absolute atomic E-state index is 6.07. The second-order valence-electron chi connectivity index (χ2n) is 5.65. The third-order valence-electron chi connectivity index (χ3n) is 3.84. The summed E-state index contributed by atoms with van der Waals surface area (Å²) in [7, 11) is 0. The Balaban J connectivity index is 2.03. The summed E-state index contributed by atoms with van der Waals surface area (Å²) in [5.74, 6) is 2.03. The van der Waals surface area contributed by atoms with E-state index in [2.05, 4.69) is 31.0 Å². The molecule has 102 valence electrons. The molecule has 3 atom stereocenters. The van der Waals surface area contributed by atoms with Crippen LogP contribution in [0.25, 0.3) is 0 Å². The van der Waals surface area contributed by atoms with Gasteiger partial charge in [-0.25, -0.2) is 0 Å². The highest BCUT2D eigenvalue weighted by Crippen LogP contribution is 2.36. The van der Waals surface area contributed by atoms with E-state index < -0.39 is 0 Å². The van der Waals surface area contributed by atoms with Crippen LogP contribution in [0.3, 0.4) is 0 Å². The van der Waals surface area contributed by atoms with Gasteiger partial charge < -0.3 is 10.5 Å². The maximum atomic E-state index is 6.07. The monoisotopic (exact) mass is 269 g/mol. The fourth-order valence-electron chi connectivity index (χ4n) is 2.75. The number of aromatic nitrogens is 2. The predicted molar refractivity (Wildman–Crippen MR) is 73.6 cm³/mol. The van der Waals surface area contributed by atoms with Crippen LogP contribution in [0, 0.1) is 17.8 Å². The smallest absolute Gasteiger partial charge is 0.294 e. The summed E-state index contributed by atoms with van der Waals surface area (Å²) in [5.41, 5.74) is 5.55. The summed E-state index contributed by atoms with van der Waals surface area (Å²) >= 11 is 1.47. The summed E-state index contributed by atoms with van der Waals surface area (Å²) in [6.07, 6.45) is 3.98. The van der Waals surface area contributed by atoms with Crippen molar-refractivity contribution in [3.8, 4) is 5.19 Å². The van der Waals surface area contributed by atoms with Gasteiger partial charge in [0.05, 0.1) is 0 Å². The molecule has 1 aromatic rings. The molecule has 1 heterocycles. The molecule has 0 bridgehead atoms. The molecule has 4 nitrogen and oxygen atoms in total. The first-order valence-electron chi connectivity index (χ1n) is 6.79. The predicted octanol–water partition coefficient (Wildman–Crippen LogP) is 2.84. The van der Waals surface area contributed by atoms with Crippen molar-refractivity contribution in [2.75, 3.05) is 0 Å². The first-order valence-corrected chi connectivity index (χ1v) is 7.61. The summed E-state index contributed by atoms with van der Waals surface area (Å²) in [6.45, 7) is 7.30. The Morgan fingerprint density at radius 3 is 2.78 bits per heavy atom. The second-order valence-corrected chi connectivity index (χ2v) is 6.67. The van der Waals surface area contributed by atoms with E-state index in [1.165, 1.54) is 24.2 Å². The van der Waals surface area contributed by atoms with Crippen LogP contribution in [0.2, 0.25) is 0 Å². The summed E-state index contributed by atoms with van der Waals surface area (Å²) in [4.78, 5) is 0. The Morgan fingerprint density at radius 1 is 1.39 bits per heavy atom. The van der Waals surface area contributed by atoms with E-state index in [0.717, 1.165) is 17.3 Å². The minimum Gasteiger partial charge on any atom is -0.465 e. The molecular weight excluding hydrogens is 246 g/mol. The Hall–Kier alpha value is -0.680. The fourth-order valence-corrected chi connectivity index (χ4v) is 3.37. The molecule has 5 heteroatoms. The highest BCUT2D eigenvalue weighted by Gasteiger charge is 2.32. The quantitative estimate of drug-likeness (QED) is 0.913. The lowest BCUT2D eigenvalue weighted by Gasteiger charge is -2.36. The first-order chi connectivity index (χ1) is 8.60. The molecule has 18 heavy (non-hydrogen) atoms. The zero-order valence-corrected chi connectivity index (χ0v) is 12.2. The van der Waals surface area contributed by atoms with Gasteiger partial charge in [0.15, 0.2) is 0 Å². The number of ether oxygens (including phenoxy) is 1. The molecule has 3 unspecified atom stereocenters. The SMILES string of the molecule is CC1CCC(C(C)C)C(Oc2nnc(CN)s2)C1. The third kappa shape index (κ3) is 3.20. The minimum absolute atomic E-state index is 0.285. The van der Waals surface area contributed by atoms with Crippen LogP contribution in [-0.4, -0.2) is 16.3 Å². The Morgan fingerprint density at radius 2 is 2.17 bits per heavy atom. The van der Waals surface area contributed by atoms with Gasteiger partial charge in [-0.1, -0.05) is 43.6 Å². The molecule has 1 aromatic heterocycles. The van der Waals surface area contributed by atoms with Gasteiger partial charge in [0.1, 0.15) is 11.1 Å². The van der Waals surface area contributed by atoms with Gasteiger partial charge in [0, 0.05) is 6.54 Å². The van der Waals surface area contributed by atoms with Crippen LogP contribution in [0.5, 0.6) is 5.19 Å². The molecule has 2 N–H and O–H groups in total. The lowest BCUT2D eigenvalue weighted by Crippen LogP contribution is -2.36.